The van der Waals surface area contributed by atoms with Crippen molar-refractivity contribution in [2.75, 3.05) is 31.1 Å². The molecule has 2 heterocycles. The van der Waals surface area contributed by atoms with Gasteiger partial charge in [0.15, 0.2) is 6.10 Å². The van der Waals surface area contributed by atoms with Gasteiger partial charge in [-0.3, -0.25) is 4.79 Å². The third kappa shape index (κ3) is 4.70. The van der Waals surface area contributed by atoms with Crippen molar-refractivity contribution in [2.45, 2.75) is 13.0 Å². The van der Waals surface area contributed by atoms with Crippen LogP contribution in [0.4, 0.5) is 5.69 Å². The molecule has 6 nitrogen and oxygen atoms in total. The highest BCUT2D eigenvalue weighted by atomic mass is 32.1. The van der Waals surface area contributed by atoms with Gasteiger partial charge in [-0.2, -0.15) is 0 Å². The number of anilines is 1. The van der Waals surface area contributed by atoms with Crippen LogP contribution >= 0.6 is 11.3 Å². The van der Waals surface area contributed by atoms with Crippen LogP contribution in [0.3, 0.4) is 0 Å². The molecule has 26 heavy (non-hydrogen) atoms. The van der Waals surface area contributed by atoms with E-state index in [1.165, 1.54) is 17.4 Å². The maximum atomic E-state index is 12.5. The van der Waals surface area contributed by atoms with Crippen LogP contribution in [0.5, 0.6) is 0 Å². The smallest absolute Gasteiger partial charge is 0.331 e. The first-order valence-corrected chi connectivity index (χ1v) is 9.38. The minimum absolute atomic E-state index is 0.159. The molecule has 1 aromatic carbocycles. The summed E-state index contributed by atoms with van der Waals surface area (Å²) in [6.07, 6.45) is 3.75. The van der Waals surface area contributed by atoms with E-state index in [-0.39, 0.29) is 5.91 Å². The van der Waals surface area contributed by atoms with Gasteiger partial charge in [0.25, 0.3) is 5.91 Å². The van der Waals surface area contributed by atoms with Gasteiger partial charge >= 0.3 is 5.97 Å². The molecular formula is C19H21N3O3S. The Labute approximate surface area is 156 Å². The number of hydrogen-bond acceptors (Lipinski definition) is 6. The molecule has 0 N–H and O–H groups in total. The normalized spacial score (nSPS) is 15.9. The summed E-state index contributed by atoms with van der Waals surface area (Å²) in [4.78, 5) is 32.4. The molecule has 1 aliphatic rings. The van der Waals surface area contributed by atoms with Crippen molar-refractivity contribution < 1.29 is 14.3 Å². The fourth-order valence-electron chi connectivity index (χ4n) is 2.80. The van der Waals surface area contributed by atoms with Crippen molar-refractivity contribution in [1.82, 2.24) is 9.88 Å². The lowest BCUT2D eigenvalue weighted by Crippen LogP contribution is -2.51. The summed E-state index contributed by atoms with van der Waals surface area (Å²) in [5.74, 6) is -0.697. The van der Waals surface area contributed by atoms with Crippen LogP contribution in [0.25, 0.3) is 6.08 Å². The average molecular weight is 371 g/mol. The predicted molar refractivity (Wildman–Crippen MR) is 102 cm³/mol. The zero-order chi connectivity index (χ0) is 18.4. The first-order valence-electron chi connectivity index (χ1n) is 8.50. The molecule has 0 spiro atoms. The van der Waals surface area contributed by atoms with Gasteiger partial charge in [0.2, 0.25) is 0 Å². The van der Waals surface area contributed by atoms with Crippen LogP contribution in [0.15, 0.2) is 48.0 Å². The average Bonchev–Trinajstić information content (AvgIpc) is 3.20. The summed E-state index contributed by atoms with van der Waals surface area (Å²) >= 11 is 1.43. The zero-order valence-electron chi connectivity index (χ0n) is 14.6. The number of thiazole rings is 1. The second-order valence-electron chi connectivity index (χ2n) is 5.93. The first-order chi connectivity index (χ1) is 12.6. The van der Waals surface area contributed by atoms with Crippen molar-refractivity contribution in [3.05, 3.63) is 53.0 Å². The number of ether oxygens (including phenoxy) is 1. The Hall–Kier alpha value is -2.67. The summed E-state index contributed by atoms with van der Waals surface area (Å²) in [5.41, 5.74) is 1.16. The molecule has 1 aliphatic heterocycles. The van der Waals surface area contributed by atoms with Crippen molar-refractivity contribution >= 4 is 35.0 Å². The van der Waals surface area contributed by atoms with E-state index in [0.29, 0.717) is 13.1 Å². The number of piperazine rings is 1. The lowest BCUT2D eigenvalue weighted by atomic mass is 10.2. The van der Waals surface area contributed by atoms with E-state index < -0.39 is 12.1 Å². The second kappa shape index (κ2) is 8.62. The Morgan fingerprint density at radius 2 is 1.92 bits per heavy atom. The van der Waals surface area contributed by atoms with Gasteiger partial charge < -0.3 is 14.5 Å². The minimum atomic E-state index is -0.799. The minimum Gasteiger partial charge on any atom is -0.449 e. The van der Waals surface area contributed by atoms with E-state index in [1.54, 1.807) is 24.1 Å². The van der Waals surface area contributed by atoms with Gasteiger partial charge in [0.1, 0.15) is 5.01 Å². The standard InChI is InChI=1S/C19H21N3O3S/c1-15(25-18(23)8-7-17-20-9-14-26-17)19(24)22-12-10-21(11-13-22)16-5-3-2-4-6-16/h2-9,14-15H,10-13H2,1H3. The number of carbonyl (C=O) groups excluding carboxylic acids is 2. The van der Waals surface area contributed by atoms with Gasteiger partial charge in [-0.15, -0.1) is 11.3 Å². The van der Waals surface area contributed by atoms with Crippen LogP contribution in [0.1, 0.15) is 11.9 Å². The fraction of sp³-hybridized carbons (Fsp3) is 0.316. The van der Waals surface area contributed by atoms with Crippen LogP contribution in [-0.2, 0) is 14.3 Å². The SMILES string of the molecule is CC(OC(=O)C=Cc1nccs1)C(=O)N1CCN(c2ccccc2)CC1. The third-order valence-electron chi connectivity index (χ3n) is 4.17. The maximum absolute atomic E-state index is 12.5. The Balaban J connectivity index is 1.47. The number of nitrogens with zero attached hydrogens (tertiary/aromatic N) is 3. The van der Waals surface area contributed by atoms with Gasteiger partial charge in [0.05, 0.1) is 0 Å². The Morgan fingerprint density at radius 3 is 2.58 bits per heavy atom. The van der Waals surface area contributed by atoms with E-state index in [4.69, 9.17) is 4.74 Å². The molecule has 1 unspecified atom stereocenters. The number of aromatic nitrogens is 1. The molecule has 0 bridgehead atoms. The molecule has 0 saturated carbocycles. The van der Waals surface area contributed by atoms with Gasteiger partial charge in [-0.1, -0.05) is 18.2 Å². The Morgan fingerprint density at radius 1 is 1.19 bits per heavy atom. The van der Waals surface area contributed by atoms with Crippen molar-refractivity contribution in [2.24, 2.45) is 0 Å². The van der Waals surface area contributed by atoms with E-state index >= 15 is 0 Å². The Kier molecular flexibility index (Phi) is 6.01. The fourth-order valence-corrected chi connectivity index (χ4v) is 3.33. The van der Waals surface area contributed by atoms with Crippen LogP contribution in [0, 0.1) is 0 Å². The zero-order valence-corrected chi connectivity index (χ0v) is 15.4. The highest BCUT2D eigenvalue weighted by Crippen LogP contribution is 2.16. The van der Waals surface area contributed by atoms with Gasteiger partial charge in [-0.05, 0) is 25.1 Å². The van der Waals surface area contributed by atoms with E-state index in [0.717, 1.165) is 23.8 Å². The van der Waals surface area contributed by atoms with Crippen LogP contribution in [0.2, 0.25) is 0 Å². The second-order valence-corrected chi connectivity index (χ2v) is 6.86. The summed E-state index contributed by atoms with van der Waals surface area (Å²) in [6, 6.07) is 10.1. The maximum Gasteiger partial charge on any atom is 0.331 e. The van der Waals surface area contributed by atoms with Crippen molar-refractivity contribution in [3.63, 3.8) is 0 Å². The number of benzene rings is 1. The largest absolute Gasteiger partial charge is 0.449 e. The quantitative estimate of drug-likeness (QED) is 0.597. The molecule has 136 valence electrons. The topological polar surface area (TPSA) is 62.7 Å². The Bertz CT molecular complexity index is 754. The van der Waals surface area contributed by atoms with Crippen LogP contribution < -0.4 is 4.90 Å². The lowest BCUT2D eigenvalue weighted by Gasteiger charge is -2.36. The molecule has 1 atom stereocenters. The number of amides is 1. The molecule has 7 heteroatoms. The van der Waals surface area contributed by atoms with E-state index in [1.807, 2.05) is 23.6 Å². The number of para-hydroxylation sites is 1. The predicted octanol–water partition coefficient (Wildman–Crippen LogP) is 2.44. The monoisotopic (exact) mass is 371 g/mol. The van der Waals surface area contributed by atoms with E-state index in [2.05, 4.69) is 22.0 Å². The van der Waals surface area contributed by atoms with E-state index in [9.17, 15) is 9.59 Å². The molecule has 2 aromatic rings. The highest BCUT2D eigenvalue weighted by Gasteiger charge is 2.26. The molecule has 3 rings (SSSR count). The molecule has 0 aliphatic carbocycles. The highest BCUT2D eigenvalue weighted by molar-refractivity contribution is 7.10. The lowest BCUT2D eigenvalue weighted by molar-refractivity contribution is -0.155. The number of hydrogen-bond donors (Lipinski definition) is 0. The summed E-state index contributed by atoms with van der Waals surface area (Å²) in [6.45, 7) is 4.37. The molecule has 1 fully saturated rings. The number of esters is 1. The summed E-state index contributed by atoms with van der Waals surface area (Å²) in [5, 5.41) is 2.55. The van der Waals surface area contributed by atoms with Crippen molar-refractivity contribution in [3.8, 4) is 0 Å². The van der Waals surface area contributed by atoms with Gasteiger partial charge in [0, 0.05) is 49.5 Å². The molecule has 0 radical (unpaired) electrons. The van der Waals surface area contributed by atoms with Crippen molar-refractivity contribution in [1.29, 1.82) is 0 Å². The number of rotatable bonds is 5. The summed E-state index contributed by atoms with van der Waals surface area (Å²) in [7, 11) is 0. The molecule has 1 amide bonds. The molecule has 1 saturated heterocycles. The van der Waals surface area contributed by atoms with Crippen LogP contribution in [-0.4, -0.2) is 54.0 Å². The molecule has 1 aromatic heterocycles. The number of carbonyl (C=O) groups is 2. The summed E-state index contributed by atoms with van der Waals surface area (Å²) < 4.78 is 5.22. The first kappa shape index (κ1) is 18.1. The molecular weight excluding hydrogens is 350 g/mol. The third-order valence-corrected chi connectivity index (χ3v) is 4.91. The van der Waals surface area contributed by atoms with Gasteiger partial charge in [-0.25, -0.2) is 9.78 Å².